The van der Waals surface area contributed by atoms with Gasteiger partial charge in [-0.05, 0) is 52.0 Å². The second-order valence-electron chi connectivity index (χ2n) is 5.57. The quantitative estimate of drug-likeness (QED) is 0.571. The van der Waals surface area contributed by atoms with Crippen molar-refractivity contribution in [1.82, 2.24) is 0 Å². The van der Waals surface area contributed by atoms with Crippen molar-refractivity contribution in [3.63, 3.8) is 0 Å². The first kappa shape index (κ1) is 18.2. The van der Waals surface area contributed by atoms with E-state index in [2.05, 4.69) is 0 Å². The average molecular weight is 308 g/mol. The molecule has 22 heavy (non-hydrogen) atoms. The molecule has 0 aromatic heterocycles. The summed E-state index contributed by atoms with van der Waals surface area (Å²) in [5, 5.41) is 0. The Bertz CT molecular complexity index is 492. The first-order valence-corrected chi connectivity index (χ1v) is 7.42. The highest BCUT2D eigenvalue weighted by atomic mass is 16.5. The van der Waals surface area contributed by atoms with Gasteiger partial charge in [-0.2, -0.15) is 0 Å². The minimum atomic E-state index is -0.404. The number of hydrogen-bond donors (Lipinski definition) is 0. The molecule has 0 aliphatic carbocycles. The first-order valence-electron chi connectivity index (χ1n) is 7.42. The third kappa shape index (κ3) is 6.72. The number of ether oxygens (including phenoxy) is 3. The molecule has 0 saturated heterocycles. The van der Waals surface area contributed by atoms with Crippen molar-refractivity contribution in [3.8, 4) is 5.75 Å². The maximum Gasteiger partial charge on any atom is 0.338 e. The van der Waals surface area contributed by atoms with E-state index in [-0.39, 0.29) is 18.3 Å². The highest BCUT2D eigenvalue weighted by molar-refractivity contribution is 5.89. The highest BCUT2D eigenvalue weighted by Crippen LogP contribution is 2.15. The molecule has 0 fully saturated rings. The Labute approximate surface area is 131 Å². The molecule has 2 atom stereocenters. The van der Waals surface area contributed by atoms with Crippen LogP contribution in [0.1, 0.15) is 51.4 Å². The maximum absolute atomic E-state index is 12.0. The lowest BCUT2D eigenvalue weighted by Gasteiger charge is -2.20. The molecule has 0 aliphatic rings. The summed E-state index contributed by atoms with van der Waals surface area (Å²) in [7, 11) is 0. The lowest BCUT2D eigenvalue weighted by Crippen LogP contribution is -2.23. The Balaban J connectivity index is 2.52. The molecule has 1 aromatic carbocycles. The molecule has 0 amide bonds. The van der Waals surface area contributed by atoms with E-state index in [9.17, 15) is 9.59 Å². The number of benzene rings is 1. The van der Waals surface area contributed by atoms with Crippen molar-refractivity contribution >= 4 is 11.9 Å². The van der Waals surface area contributed by atoms with E-state index >= 15 is 0 Å². The van der Waals surface area contributed by atoms with Gasteiger partial charge in [0.05, 0.1) is 17.8 Å². The Morgan fingerprint density at radius 1 is 1.00 bits per heavy atom. The zero-order chi connectivity index (χ0) is 16.7. The van der Waals surface area contributed by atoms with Crippen LogP contribution in [0.2, 0.25) is 0 Å². The van der Waals surface area contributed by atoms with Gasteiger partial charge in [0, 0.05) is 13.3 Å². The van der Waals surface area contributed by atoms with Crippen molar-refractivity contribution in [2.75, 3.05) is 0 Å². The summed E-state index contributed by atoms with van der Waals surface area (Å²) in [6, 6.07) is 6.27. The number of carbonyl (C=O) groups excluding carboxylic acids is 2. The van der Waals surface area contributed by atoms with Crippen LogP contribution < -0.4 is 4.74 Å². The maximum atomic E-state index is 12.0. The van der Waals surface area contributed by atoms with E-state index in [1.807, 2.05) is 27.7 Å². The molecule has 0 saturated carbocycles. The third-order valence-electron chi connectivity index (χ3n) is 2.83. The second kappa shape index (κ2) is 8.54. The Morgan fingerprint density at radius 3 is 2.09 bits per heavy atom. The summed E-state index contributed by atoms with van der Waals surface area (Å²) in [6.07, 6.45) is 0.561. The Hall–Kier alpha value is -1.88. The van der Waals surface area contributed by atoms with Crippen LogP contribution in [0, 0.1) is 0 Å². The summed E-state index contributed by atoms with van der Waals surface area (Å²) in [6.45, 7) is 9.06. The summed E-state index contributed by atoms with van der Waals surface area (Å²) in [5.74, 6) is -0.405. The smallest absolute Gasteiger partial charge is 0.338 e. The monoisotopic (exact) mass is 308 g/mol. The molecule has 5 heteroatoms. The Kier molecular flexibility index (Phi) is 7.05. The molecule has 122 valence electrons. The van der Waals surface area contributed by atoms with E-state index in [0.29, 0.717) is 17.7 Å². The fourth-order valence-electron chi connectivity index (χ4n) is 2.11. The molecule has 0 bridgehead atoms. The van der Waals surface area contributed by atoms with E-state index in [4.69, 9.17) is 14.2 Å². The lowest BCUT2D eigenvalue weighted by molar-refractivity contribution is -0.131. The molecule has 5 nitrogen and oxygen atoms in total. The largest absolute Gasteiger partial charge is 0.459 e. The predicted molar refractivity (Wildman–Crippen MR) is 82.9 cm³/mol. The molecule has 1 rings (SSSR count). The SMILES string of the molecule is CC(=O)Oc1ccc(C(=O)OC(C)CC(C)OC(C)C)cc1. The molecule has 0 aliphatic heterocycles. The first-order chi connectivity index (χ1) is 10.3. The van der Waals surface area contributed by atoms with E-state index in [0.717, 1.165) is 0 Å². The number of esters is 2. The summed E-state index contributed by atoms with van der Waals surface area (Å²) < 4.78 is 15.9. The van der Waals surface area contributed by atoms with Crippen LogP contribution in [0.4, 0.5) is 0 Å². The molecule has 0 spiro atoms. The van der Waals surface area contributed by atoms with Crippen molar-refractivity contribution in [2.45, 2.75) is 59.4 Å². The van der Waals surface area contributed by atoms with E-state index < -0.39 is 11.9 Å². The number of rotatable bonds is 7. The summed E-state index contributed by atoms with van der Waals surface area (Å²) in [5.41, 5.74) is 0.417. The van der Waals surface area contributed by atoms with Gasteiger partial charge in [0.25, 0.3) is 0 Å². The lowest BCUT2D eigenvalue weighted by atomic mass is 10.2. The van der Waals surface area contributed by atoms with Crippen molar-refractivity contribution in [3.05, 3.63) is 29.8 Å². The minimum Gasteiger partial charge on any atom is -0.459 e. The van der Waals surface area contributed by atoms with Gasteiger partial charge in [-0.1, -0.05) is 0 Å². The van der Waals surface area contributed by atoms with Gasteiger partial charge in [0.15, 0.2) is 0 Å². The molecule has 0 heterocycles. The second-order valence-corrected chi connectivity index (χ2v) is 5.57. The minimum absolute atomic E-state index is 0.0224. The van der Waals surface area contributed by atoms with E-state index in [1.54, 1.807) is 24.3 Å². The van der Waals surface area contributed by atoms with Gasteiger partial charge in [-0.3, -0.25) is 4.79 Å². The van der Waals surface area contributed by atoms with Gasteiger partial charge in [-0.25, -0.2) is 4.79 Å². The summed E-state index contributed by atoms with van der Waals surface area (Å²) in [4.78, 5) is 22.9. The molecule has 0 N–H and O–H groups in total. The zero-order valence-electron chi connectivity index (χ0n) is 13.8. The average Bonchev–Trinajstić information content (AvgIpc) is 2.37. The van der Waals surface area contributed by atoms with Crippen molar-refractivity contribution in [1.29, 1.82) is 0 Å². The predicted octanol–water partition coefficient (Wildman–Crippen LogP) is 3.36. The van der Waals surface area contributed by atoms with Crippen LogP contribution in [0.15, 0.2) is 24.3 Å². The standard InChI is InChI=1S/C17H24O5/c1-11(2)20-12(3)10-13(4)21-17(19)15-6-8-16(9-7-15)22-14(5)18/h6-9,11-13H,10H2,1-5H3. The fraction of sp³-hybridized carbons (Fsp3) is 0.529. The van der Waals surface area contributed by atoms with E-state index in [1.165, 1.54) is 6.92 Å². The number of carbonyl (C=O) groups is 2. The normalized spacial score (nSPS) is 13.5. The van der Waals surface area contributed by atoms with Gasteiger partial charge in [0.2, 0.25) is 0 Å². The van der Waals surface area contributed by atoms with Gasteiger partial charge < -0.3 is 14.2 Å². The van der Waals surface area contributed by atoms with Gasteiger partial charge in [-0.15, -0.1) is 0 Å². The molecular weight excluding hydrogens is 284 g/mol. The molecule has 2 unspecified atom stereocenters. The van der Waals surface area contributed by atoms with Crippen LogP contribution in [-0.4, -0.2) is 30.3 Å². The van der Waals surface area contributed by atoms with Gasteiger partial charge in [0.1, 0.15) is 11.9 Å². The van der Waals surface area contributed by atoms with Gasteiger partial charge >= 0.3 is 11.9 Å². The Morgan fingerprint density at radius 2 is 1.59 bits per heavy atom. The summed E-state index contributed by atoms with van der Waals surface area (Å²) >= 11 is 0. The zero-order valence-corrected chi connectivity index (χ0v) is 13.8. The van der Waals surface area contributed by atoms with Crippen molar-refractivity contribution in [2.24, 2.45) is 0 Å². The third-order valence-corrected chi connectivity index (χ3v) is 2.83. The molecule has 0 radical (unpaired) electrons. The topological polar surface area (TPSA) is 61.8 Å². The highest BCUT2D eigenvalue weighted by Gasteiger charge is 2.16. The fourth-order valence-corrected chi connectivity index (χ4v) is 2.11. The van der Waals surface area contributed by atoms with Crippen LogP contribution in [-0.2, 0) is 14.3 Å². The molecule has 1 aromatic rings. The van der Waals surface area contributed by atoms with Crippen LogP contribution in [0.3, 0.4) is 0 Å². The van der Waals surface area contributed by atoms with Crippen LogP contribution in [0.25, 0.3) is 0 Å². The van der Waals surface area contributed by atoms with Crippen LogP contribution >= 0.6 is 0 Å². The van der Waals surface area contributed by atoms with Crippen LogP contribution in [0.5, 0.6) is 5.75 Å². The number of hydrogen-bond acceptors (Lipinski definition) is 5. The van der Waals surface area contributed by atoms with Crippen molar-refractivity contribution < 1.29 is 23.8 Å². The molecular formula is C17H24O5.